The quantitative estimate of drug-likeness (QED) is 0.217. The number of piperazine rings is 1. The minimum Gasteiger partial charge on any atom is -0.508 e. The zero-order chi connectivity index (χ0) is 34.1. The van der Waals surface area contributed by atoms with E-state index in [0.29, 0.717) is 18.8 Å². The number of carbonyl (C=O) groups excluding carboxylic acids is 3. The van der Waals surface area contributed by atoms with Gasteiger partial charge >= 0.3 is 6.03 Å². The molecule has 0 aliphatic carbocycles. The summed E-state index contributed by atoms with van der Waals surface area (Å²) >= 11 is 0. The number of nitrogens with zero attached hydrogens (tertiary/aromatic N) is 6. The lowest BCUT2D eigenvalue weighted by atomic mass is 9.98. The van der Waals surface area contributed by atoms with Crippen molar-refractivity contribution in [2.45, 2.75) is 38.3 Å². The first-order valence-corrected chi connectivity index (χ1v) is 16.2. The highest BCUT2D eigenvalue weighted by molar-refractivity contribution is 5.92. The molecule has 0 radical (unpaired) electrons. The number of fused-ring (bicyclic) bond motifs is 2. The molecule has 2 fully saturated rings. The number of urea groups is 1. The lowest BCUT2D eigenvalue weighted by Crippen LogP contribution is -2.76. The van der Waals surface area contributed by atoms with Crippen LogP contribution in [0.1, 0.15) is 22.3 Å². The van der Waals surface area contributed by atoms with Crippen molar-refractivity contribution in [3.05, 3.63) is 126 Å². The van der Waals surface area contributed by atoms with E-state index in [1.165, 1.54) is 0 Å². The Labute approximate surface area is 283 Å². The molecule has 0 bridgehead atoms. The Balaban J connectivity index is 1.21. The molecule has 2 aliphatic heterocycles. The summed E-state index contributed by atoms with van der Waals surface area (Å²) in [5.74, 6) is -0.341. The number of hydrogen-bond donors (Lipinski definition) is 3. The maximum absolute atomic E-state index is 14.4. The second-order valence-electron chi connectivity index (χ2n) is 12.5. The lowest BCUT2D eigenvalue weighted by molar-refractivity contribution is -0.187. The standard InChI is InChI=1S/C37H38N8O4/c1-41-24-35(47)44-33(18-25-14-16-29(46)17-15-25)36(48)42(23-34(44)45(41)37(49)39-19-26-8-3-2-4-9-26)21-27-11-7-13-32-30(27)20-40-43(32)22-28-10-5-6-12-31(28)38/h2-17,20,33-34,46H,18-19,21-24,38H2,1H3,(H,39,49)/t33-,34-/m0/s1. The number of aromatic hydroxyl groups is 1. The van der Waals surface area contributed by atoms with Crippen LogP contribution in [-0.4, -0.2) is 84.9 Å². The van der Waals surface area contributed by atoms with Crippen LogP contribution in [0.2, 0.25) is 0 Å². The zero-order valence-electron chi connectivity index (χ0n) is 27.1. The number of rotatable bonds is 8. The number of benzene rings is 4. The molecule has 1 aromatic heterocycles. The monoisotopic (exact) mass is 658 g/mol. The molecule has 5 aromatic rings. The Kier molecular flexibility index (Phi) is 8.62. The molecule has 3 heterocycles. The van der Waals surface area contributed by atoms with Gasteiger partial charge in [-0.25, -0.2) is 14.8 Å². The molecule has 0 spiro atoms. The molecule has 49 heavy (non-hydrogen) atoms. The van der Waals surface area contributed by atoms with Crippen LogP contribution in [0.25, 0.3) is 10.9 Å². The topological polar surface area (TPSA) is 140 Å². The predicted octanol–water partition coefficient (Wildman–Crippen LogP) is 3.55. The molecular formula is C37H38N8O4. The molecule has 7 rings (SSSR count). The fourth-order valence-electron chi connectivity index (χ4n) is 6.83. The van der Waals surface area contributed by atoms with Crippen LogP contribution < -0.4 is 11.1 Å². The lowest BCUT2D eigenvalue weighted by Gasteiger charge is -2.54. The number of anilines is 1. The van der Waals surface area contributed by atoms with E-state index in [2.05, 4.69) is 10.4 Å². The van der Waals surface area contributed by atoms with E-state index >= 15 is 0 Å². The smallest absolute Gasteiger partial charge is 0.334 e. The van der Waals surface area contributed by atoms with Crippen molar-refractivity contribution in [2.75, 3.05) is 25.9 Å². The fourth-order valence-corrected chi connectivity index (χ4v) is 6.83. The molecule has 12 nitrogen and oxygen atoms in total. The SMILES string of the molecule is CN1CC(=O)N2[C@@H](Cc3ccc(O)cc3)C(=O)N(Cc3cccc4c3cnn4Cc3ccccc3N)C[C@@H]2N1C(=O)NCc1ccccc1. The number of likely N-dealkylation sites (N-methyl/N-ethyl adjacent to an activating group) is 1. The van der Waals surface area contributed by atoms with Crippen molar-refractivity contribution in [3.8, 4) is 5.75 Å². The summed E-state index contributed by atoms with van der Waals surface area (Å²) in [6, 6.07) is 28.6. The Morgan fingerprint density at radius 1 is 0.898 bits per heavy atom. The van der Waals surface area contributed by atoms with E-state index < -0.39 is 12.2 Å². The summed E-state index contributed by atoms with van der Waals surface area (Å²) in [4.78, 5) is 45.2. The first-order valence-electron chi connectivity index (χ1n) is 16.2. The van der Waals surface area contributed by atoms with E-state index in [4.69, 9.17) is 5.73 Å². The van der Waals surface area contributed by atoms with Crippen molar-refractivity contribution in [2.24, 2.45) is 0 Å². The number of phenolic OH excluding ortho intramolecular Hbond substituents is 1. The Morgan fingerprint density at radius 3 is 2.41 bits per heavy atom. The van der Waals surface area contributed by atoms with E-state index in [9.17, 15) is 19.5 Å². The van der Waals surface area contributed by atoms with E-state index in [1.807, 2.05) is 77.5 Å². The van der Waals surface area contributed by atoms with Crippen molar-refractivity contribution in [1.29, 1.82) is 0 Å². The summed E-state index contributed by atoms with van der Waals surface area (Å²) in [7, 11) is 1.71. The first-order chi connectivity index (χ1) is 23.8. The Bertz CT molecular complexity index is 2000. The van der Waals surface area contributed by atoms with E-state index in [-0.39, 0.29) is 49.7 Å². The number of nitrogen functional groups attached to an aromatic ring is 1. The molecule has 2 atom stereocenters. The summed E-state index contributed by atoms with van der Waals surface area (Å²) in [5.41, 5.74) is 11.4. The van der Waals surface area contributed by atoms with Gasteiger partial charge in [-0.15, -0.1) is 0 Å². The number of carbonyl (C=O) groups is 3. The minimum absolute atomic E-state index is 0.0565. The normalized spacial score (nSPS) is 18.2. The number of nitrogens with one attached hydrogen (secondary N) is 1. The number of hydrazine groups is 1. The summed E-state index contributed by atoms with van der Waals surface area (Å²) in [5, 5.41) is 21.6. The fraction of sp³-hybridized carbons (Fsp3) is 0.243. The van der Waals surface area contributed by atoms with Crippen molar-refractivity contribution < 1.29 is 19.5 Å². The van der Waals surface area contributed by atoms with Gasteiger partial charge in [-0.05, 0) is 46.5 Å². The third-order valence-electron chi connectivity index (χ3n) is 9.31. The van der Waals surface area contributed by atoms with Crippen LogP contribution in [-0.2, 0) is 35.6 Å². The van der Waals surface area contributed by atoms with Crippen molar-refractivity contribution in [1.82, 2.24) is 34.9 Å². The van der Waals surface area contributed by atoms with Crippen LogP contribution in [0.15, 0.2) is 103 Å². The van der Waals surface area contributed by atoms with Crippen molar-refractivity contribution >= 4 is 34.4 Å². The molecule has 12 heteroatoms. The van der Waals surface area contributed by atoms with Gasteiger partial charge in [0.05, 0.1) is 31.3 Å². The molecule has 4 aromatic carbocycles. The van der Waals surface area contributed by atoms with Crippen LogP contribution >= 0.6 is 0 Å². The van der Waals surface area contributed by atoms with Gasteiger partial charge < -0.3 is 26.0 Å². The average molecular weight is 659 g/mol. The summed E-state index contributed by atoms with van der Waals surface area (Å²) < 4.78 is 1.89. The number of nitrogens with two attached hydrogens (primary N) is 1. The van der Waals surface area contributed by atoms with Gasteiger partial charge in [-0.2, -0.15) is 5.10 Å². The van der Waals surface area contributed by atoms with Gasteiger partial charge in [0.25, 0.3) is 0 Å². The highest BCUT2D eigenvalue weighted by Gasteiger charge is 2.50. The number of amides is 4. The third kappa shape index (κ3) is 6.38. The Morgan fingerprint density at radius 2 is 1.63 bits per heavy atom. The molecule has 4 N–H and O–H groups in total. The maximum atomic E-state index is 14.4. The van der Waals surface area contributed by atoms with Gasteiger partial charge in [-0.1, -0.05) is 72.8 Å². The highest BCUT2D eigenvalue weighted by atomic mass is 16.3. The predicted molar refractivity (Wildman–Crippen MR) is 184 cm³/mol. The van der Waals surface area contributed by atoms with Crippen LogP contribution in [0.3, 0.4) is 0 Å². The molecule has 0 saturated carbocycles. The first kappa shape index (κ1) is 31.7. The van der Waals surface area contributed by atoms with E-state index in [1.54, 1.807) is 57.3 Å². The molecule has 0 unspecified atom stereocenters. The van der Waals surface area contributed by atoms with Crippen LogP contribution in [0, 0.1) is 0 Å². The number of aromatic nitrogens is 2. The largest absolute Gasteiger partial charge is 0.508 e. The molecule has 2 saturated heterocycles. The van der Waals surface area contributed by atoms with Gasteiger partial charge in [-0.3, -0.25) is 14.3 Å². The summed E-state index contributed by atoms with van der Waals surface area (Å²) in [6.07, 6.45) is 1.28. The second-order valence-corrected chi connectivity index (χ2v) is 12.5. The van der Waals surface area contributed by atoms with Gasteiger partial charge in [0.15, 0.2) is 0 Å². The van der Waals surface area contributed by atoms with Crippen LogP contribution in [0.5, 0.6) is 5.75 Å². The van der Waals surface area contributed by atoms with Gasteiger partial charge in [0, 0.05) is 37.6 Å². The maximum Gasteiger partial charge on any atom is 0.334 e. The van der Waals surface area contributed by atoms with Gasteiger partial charge in [0.1, 0.15) is 18.0 Å². The number of hydrogen-bond acceptors (Lipinski definition) is 7. The minimum atomic E-state index is -0.864. The molecular weight excluding hydrogens is 620 g/mol. The third-order valence-corrected chi connectivity index (χ3v) is 9.31. The molecule has 2 aliphatic rings. The highest BCUT2D eigenvalue weighted by Crippen LogP contribution is 2.30. The number of para-hydroxylation sites is 1. The molecule has 250 valence electrons. The van der Waals surface area contributed by atoms with Gasteiger partial charge in [0.2, 0.25) is 11.8 Å². The van der Waals surface area contributed by atoms with Crippen molar-refractivity contribution in [3.63, 3.8) is 0 Å². The van der Waals surface area contributed by atoms with E-state index in [0.717, 1.165) is 33.2 Å². The second kappa shape index (κ2) is 13.3. The Hall–Kier alpha value is -5.88. The average Bonchev–Trinajstić information content (AvgIpc) is 3.51. The molecule has 4 amide bonds. The van der Waals surface area contributed by atoms with Crippen LogP contribution in [0.4, 0.5) is 10.5 Å². The number of phenols is 1. The zero-order valence-corrected chi connectivity index (χ0v) is 27.1. The summed E-state index contributed by atoms with van der Waals surface area (Å²) in [6.45, 7) is 1.12.